The van der Waals surface area contributed by atoms with Crippen molar-refractivity contribution in [3.63, 3.8) is 0 Å². The van der Waals surface area contributed by atoms with Crippen molar-refractivity contribution in [1.29, 1.82) is 0 Å². The fourth-order valence-electron chi connectivity index (χ4n) is 2.94. The van der Waals surface area contributed by atoms with Gasteiger partial charge in [0, 0.05) is 22.3 Å². The lowest BCUT2D eigenvalue weighted by Gasteiger charge is -2.29. The predicted molar refractivity (Wildman–Crippen MR) is 89.6 cm³/mol. The van der Waals surface area contributed by atoms with Crippen molar-refractivity contribution in [3.8, 4) is 0 Å². The molecule has 2 nitrogen and oxygen atoms in total. The molecular formula is C17H30N2S. The summed E-state index contributed by atoms with van der Waals surface area (Å²) in [4.78, 5) is 5.61. The van der Waals surface area contributed by atoms with Crippen molar-refractivity contribution in [2.45, 2.75) is 52.5 Å². The average Bonchev–Trinajstić information content (AvgIpc) is 2.95. The van der Waals surface area contributed by atoms with E-state index in [2.05, 4.69) is 43.1 Å². The van der Waals surface area contributed by atoms with E-state index in [-0.39, 0.29) is 0 Å². The molecular weight excluding hydrogens is 264 g/mol. The first-order chi connectivity index (χ1) is 9.69. The predicted octanol–water partition coefficient (Wildman–Crippen LogP) is 4.08. The Balaban J connectivity index is 1.70. The maximum atomic E-state index is 3.71. The summed E-state index contributed by atoms with van der Waals surface area (Å²) in [5, 5.41) is 3.71. The van der Waals surface area contributed by atoms with Gasteiger partial charge >= 0.3 is 0 Å². The van der Waals surface area contributed by atoms with Gasteiger partial charge < -0.3 is 10.2 Å². The number of piperidine rings is 1. The highest BCUT2D eigenvalue weighted by Gasteiger charge is 2.14. The summed E-state index contributed by atoms with van der Waals surface area (Å²) in [6.07, 6.45) is 5.37. The Morgan fingerprint density at radius 3 is 2.60 bits per heavy atom. The van der Waals surface area contributed by atoms with Crippen LogP contribution in [0.15, 0.2) is 12.1 Å². The van der Waals surface area contributed by atoms with Gasteiger partial charge in [0.15, 0.2) is 0 Å². The minimum absolute atomic E-state index is 0.490. The fourth-order valence-corrected chi connectivity index (χ4v) is 3.92. The van der Waals surface area contributed by atoms with Crippen molar-refractivity contribution in [2.75, 3.05) is 26.2 Å². The second kappa shape index (κ2) is 8.16. The molecule has 1 aliphatic rings. The maximum Gasteiger partial charge on any atom is 0.0386 e. The molecule has 1 saturated heterocycles. The van der Waals surface area contributed by atoms with Gasteiger partial charge in [-0.1, -0.05) is 20.3 Å². The summed E-state index contributed by atoms with van der Waals surface area (Å²) < 4.78 is 0. The van der Waals surface area contributed by atoms with E-state index in [0.29, 0.717) is 6.04 Å². The van der Waals surface area contributed by atoms with Gasteiger partial charge in [0.2, 0.25) is 0 Å². The molecule has 1 fully saturated rings. The summed E-state index contributed by atoms with van der Waals surface area (Å²) in [5.41, 5.74) is 0. The molecule has 0 aromatic carbocycles. The monoisotopic (exact) mass is 294 g/mol. The Kier molecular flexibility index (Phi) is 6.53. The van der Waals surface area contributed by atoms with Crippen LogP contribution in [-0.4, -0.2) is 31.1 Å². The number of likely N-dealkylation sites (tertiary alicyclic amines) is 1. The molecule has 0 saturated carbocycles. The second-order valence-corrected chi connectivity index (χ2v) is 7.45. The molecule has 114 valence electrons. The Hall–Kier alpha value is -0.380. The topological polar surface area (TPSA) is 15.3 Å². The molecule has 3 heteroatoms. The van der Waals surface area contributed by atoms with E-state index in [4.69, 9.17) is 0 Å². The lowest BCUT2D eigenvalue weighted by molar-refractivity contribution is 0.198. The molecule has 1 aliphatic heterocycles. The molecule has 0 amide bonds. The molecule has 2 rings (SSSR count). The van der Waals surface area contributed by atoms with Crippen LogP contribution in [0.1, 0.15) is 55.8 Å². The Bertz CT molecular complexity index is 382. The third-order valence-electron chi connectivity index (χ3n) is 4.25. The fraction of sp³-hybridized carbons (Fsp3) is 0.765. The van der Waals surface area contributed by atoms with Crippen LogP contribution in [0.2, 0.25) is 0 Å². The summed E-state index contributed by atoms with van der Waals surface area (Å²) in [7, 11) is 0. The van der Waals surface area contributed by atoms with E-state index in [9.17, 15) is 0 Å². The van der Waals surface area contributed by atoms with E-state index in [1.54, 1.807) is 0 Å². The zero-order valence-electron chi connectivity index (χ0n) is 13.3. The van der Waals surface area contributed by atoms with Gasteiger partial charge in [-0.3, -0.25) is 0 Å². The van der Waals surface area contributed by atoms with Crippen LogP contribution in [0.25, 0.3) is 0 Å². The van der Waals surface area contributed by atoms with Crippen LogP contribution in [0.3, 0.4) is 0 Å². The Morgan fingerprint density at radius 1 is 1.20 bits per heavy atom. The van der Waals surface area contributed by atoms with Crippen LogP contribution in [0, 0.1) is 5.92 Å². The van der Waals surface area contributed by atoms with Crippen molar-refractivity contribution < 1.29 is 0 Å². The standard InChI is InChI=1S/C17H30N2S/c1-4-16-8-9-17(20-16)15(3)18-12-14(2)13-19-10-6-5-7-11-19/h8-9,14-15,18H,4-7,10-13H2,1-3H3. The average molecular weight is 295 g/mol. The molecule has 0 bridgehead atoms. The van der Waals surface area contributed by atoms with Crippen LogP contribution in [0.5, 0.6) is 0 Å². The number of nitrogens with zero attached hydrogens (tertiary/aromatic N) is 1. The number of nitrogens with one attached hydrogen (secondary N) is 1. The zero-order chi connectivity index (χ0) is 14.4. The van der Waals surface area contributed by atoms with E-state index >= 15 is 0 Å². The lowest BCUT2D eigenvalue weighted by Crippen LogP contribution is -2.37. The van der Waals surface area contributed by atoms with Crippen molar-refractivity contribution >= 4 is 11.3 Å². The minimum Gasteiger partial charge on any atom is -0.309 e. The molecule has 0 radical (unpaired) electrons. The normalized spacial score (nSPS) is 19.9. The highest BCUT2D eigenvalue weighted by Crippen LogP contribution is 2.23. The van der Waals surface area contributed by atoms with Gasteiger partial charge in [-0.25, -0.2) is 0 Å². The Morgan fingerprint density at radius 2 is 1.95 bits per heavy atom. The third kappa shape index (κ3) is 4.87. The van der Waals surface area contributed by atoms with Gasteiger partial charge in [0.1, 0.15) is 0 Å². The van der Waals surface area contributed by atoms with Crippen LogP contribution in [0.4, 0.5) is 0 Å². The van der Waals surface area contributed by atoms with Crippen LogP contribution < -0.4 is 5.32 Å². The van der Waals surface area contributed by atoms with Crippen LogP contribution >= 0.6 is 11.3 Å². The SMILES string of the molecule is CCc1ccc(C(C)NCC(C)CN2CCCCC2)s1. The first-order valence-electron chi connectivity index (χ1n) is 8.23. The van der Waals surface area contributed by atoms with Gasteiger partial charge in [-0.2, -0.15) is 0 Å². The molecule has 2 unspecified atom stereocenters. The second-order valence-electron chi connectivity index (χ2n) is 6.25. The molecule has 2 atom stereocenters. The molecule has 20 heavy (non-hydrogen) atoms. The first kappa shape index (κ1) is 16.0. The smallest absolute Gasteiger partial charge is 0.0386 e. The first-order valence-corrected chi connectivity index (χ1v) is 9.05. The van der Waals surface area contributed by atoms with E-state index < -0.39 is 0 Å². The number of rotatable bonds is 7. The largest absolute Gasteiger partial charge is 0.309 e. The summed E-state index contributed by atoms with van der Waals surface area (Å²) in [5.74, 6) is 0.737. The number of aryl methyl sites for hydroxylation is 1. The number of hydrogen-bond acceptors (Lipinski definition) is 3. The minimum atomic E-state index is 0.490. The third-order valence-corrected chi connectivity index (χ3v) is 5.66. The van der Waals surface area contributed by atoms with Gasteiger partial charge in [0.25, 0.3) is 0 Å². The highest BCUT2D eigenvalue weighted by atomic mass is 32.1. The van der Waals surface area contributed by atoms with E-state index in [1.807, 2.05) is 11.3 Å². The molecule has 1 aromatic rings. The molecule has 2 heterocycles. The number of hydrogen-bond donors (Lipinski definition) is 1. The van der Waals surface area contributed by atoms with Gasteiger partial charge in [-0.05, 0) is 63.9 Å². The highest BCUT2D eigenvalue weighted by molar-refractivity contribution is 7.12. The number of thiophene rings is 1. The lowest BCUT2D eigenvalue weighted by atomic mass is 10.1. The van der Waals surface area contributed by atoms with Crippen molar-refractivity contribution in [2.24, 2.45) is 5.92 Å². The summed E-state index contributed by atoms with van der Waals surface area (Å²) in [6, 6.07) is 5.05. The molecule has 1 N–H and O–H groups in total. The van der Waals surface area contributed by atoms with Crippen molar-refractivity contribution in [3.05, 3.63) is 21.9 Å². The summed E-state index contributed by atoms with van der Waals surface area (Å²) >= 11 is 1.96. The summed E-state index contributed by atoms with van der Waals surface area (Å²) in [6.45, 7) is 11.9. The maximum absolute atomic E-state index is 3.71. The van der Waals surface area contributed by atoms with Crippen LogP contribution in [-0.2, 0) is 6.42 Å². The van der Waals surface area contributed by atoms with Gasteiger partial charge in [-0.15, -0.1) is 11.3 Å². The molecule has 0 spiro atoms. The molecule has 1 aromatic heterocycles. The van der Waals surface area contributed by atoms with E-state index in [0.717, 1.165) is 18.9 Å². The van der Waals surface area contributed by atoms with E-state index in [1.165, 1.54) is 48.7 Å². The van der Waals surface area contributed by atoms with Crippen molar-refractivity contribution in [1.82, 2.24) is 10.2 Å². The Labute approximate surface area is 128 Å². The quantitative estimate of drug-likeness (QED) is 0.815. The zero-order valence-corrected chi connectivity index (χ0v) is 14.1. The van der Waals surface area contributed by atoms with Gasteiger partial charge in [0.05, 0.1) is 0 Å². The molecule has 0 aliphatic carbocycles.